The van der Waals surface area contributed by atoms with Gasteiger partial charge >= 0.3 is 0 Å². The first-order valence-corrected chi connectivity index (χ1v) is 10.8. The molecule has 1 aliphatic rings. The fourth-order valence-electron chi connectivity index (χ4n) is 3.14. The summed E-state index contributed by atoms with van der Waals surface area (Å²) < 4.78 is 37.8. The van der Waals surface area contributed by atoms with Crippen molar-refractivity contribution < 1.29 is 17.6 Å². The SMILES string of the molecule is Cc1ccc(-c2nc(S(=O)(=O)c3ccccc3)c(NC[C@@H]3CCCO3)o2)cc1. The maximum absolute atomic E-state index is 13.2. The molecule has 1 fully saturated rings. The average Bonchev–Trinajstić information content (AvgIpc) is 3.38. The second-order valence-electron chi connectivity index (χ2n) is 6.85. The number of benzene rings is 2. The molecule has 0 unspecified atom stereocenters. The number of nitrogens with zero attached hydrogens (tertiary/aromatic N) is 1. The molecule has 0 saturated carbocycles. The van der Waals surface area contributed by atoms with Gasteiger partial charge in [0.25, 0.3) is 0 Å². The van der Waals surface area contributed by atoms with Crippen molar-refractivity contribution in [2.24, 2.45) is 0 Å². The van der Waals surface area contributed by atoms with Gasteiger partial charge in [-0.05, 0) is 44.0 Å². The van der Waals surface area contributed by atoms with Crippen LogP contribution in [0.25, 0.3) is 11.5 Å². The van der Waals surface area contributed by atoms with Crippen molar-refractivity contribution in [2.45, 2.75) is 35.8 Å². The standard InChI is InChI=1S/C21H22N2O4S/c1-15-9-11-16(12-10-15)19-23-21(28(24,25)18-7-3-2-4-8-18)20(27-19)22-14-17-6-5-13-26-17/h2-4,7-12,17,22H,5-6,13-14H2,1H3/t17-/m0/s1. The summed E-state index contributed by atoms with van der Waals surface area (Å²) in [6.45, 7) is 3.19. The summed E-state index contributed by atoms with van der Waals surface area (Å²) >= 11 is 0. The largest absolute Gasteiger partial charge is 0.419 e. The first-order valence-electron chi connectivity index (χ1n) is 9.27. The van der Waals surface area contributed by atoms with Crippen molar-refractivity contribution in [3.63, 3.8) is 0 Å². The van der Waals surface area contributed by atoms with Gasteiger partial charge in [0.15, 0.2) is 0 Å². The number of hydrogen-bond donors (Lipinski definition) is 1. The van der Waals surface area contributed by atoms with Gasteiger partial charge in [-0.15, -0.1) is 0 Å². The van der Waals surface area contributed by atoms with Gasteiger partial charge in [-0.1, -0.05) is 35.9 Å². The van der Waals surface area contributed by atoms with Crippen LogP contribution in [0.5, 0.6) is 0 Å². The van der Waals surface area contributed by atoms with Crippen molar-refractivity contribution in [3.05, 3.63) is 60.2 Å². The van der Waals surface area contributed by atoms with E-state index in [2.05, 4.69) is 10.3 Å². The number of anilines is 1. The van der Waals surface area contributed by atoms with Crippen LogP contribution < -0.4 is 5.32 Å². The highest BCUT2D eigenvalue weighted by molar-refractivity contribution is 7.91. The van der Waals surface area contributed by atoms with E-state index in [0.717, 1.165) is 30.6 Å². The summed E-state index contributed by atoms with van der Waals surface area (Å²) in [7, 11) is -3.82. The number of ether oxygens (including phenoxy) is 1. The molecule has 4 rings (SSSR count). The van der Waals surface area contributed by atoms with E-state index in [1.165, 1.54) is 0 Å². The van der Waals surface area contributed by atoms with Crippen LogP contribution in [0.4, 0.5) is 5.88 Å². The zero-order valence-corrected chi connectivity index (χ0v) is 16.4. The van der Waals surface area contributed by atoms with Crippen LogP contribution in [0.15, 0.2) is 68.9 Å². The molecule has 0 amide bonds. The minimum atomic E-state index is -3.82. The van der Waals surface area contributed by atoms with Gasteiger partial charge in [-0.25, -0.2) is 8.42 Å². The quantitative estimate of drug-likeness (QED) is 0.674. The predicted octanol–water partition coefficient (Wildman–Crippen LogP) is 4.07. The summed E-state index contributed by atoms with van der Waals surface area (Å²) in [6, 6.07) is 15.9. The highest BCUT2D eigenvalue weighted by Gasteiger charge is 2.29. The minimum absolute atomic E-state index is 0.0419. The third-order valence-corrected chi connectivity index (χ3v) is 6.40. The molecule has 2 aromatic carbocycles. The van der Waals surface area contributed by atoms with Crippen LogP contribution in [0.1, 0.15) is 18.4 Å². The van der Waals surface area contributed by atoms with Gasteiger partial charge in [0, 0.05) is 18.7 Å². The van der Waals surface area contributed by atoms with E-state index in [-0.39, 0.29) is 27.8 Å². The van der Waals surface area contributed by atoms with Crippen molar-refractivity contribution in [1.29, 1.82) is 0 Å². The number of rotatable bonds is 6. The lowest BCUT2D eigenvalue weighted by Gasteiger charge is -2.10. The maximum Gasteiger partial charge on any atom is 0.233 e. The van der Waals surface area contributed by atoms with Gasteiger partial charge in [0.05, 0.1) is 11.0 Å². The maximum atomic E-state index is 13.2. The Morgan fingerprint density at radius 2 is 1.86 bits per heavy atom. The molecule has 1 N–H and O–H groups in total. The van der Waals surface area contributed by atoms with Gasteiger partial charge in [0.2, 0.25) is 26.6 Å². The lowest BCUT2D eigenvalue weighted by molar-refractivity contribution is 0.120. The average molecular weight is 398 g/mol. The minimum Gasteiger partial charge on any atom is -0.419 e. The molecule has 1 atom stereocenters. The molecular formula is C21H22N2O4S. The Hall–Kier alpha value is -2.64. The third-order valence-electron chi connectivity index (χ3n) is 4.72. The van der Waals surface area contributed by atoms with Crippen molar-refractivity contribution in [3.8, 4) is 11.5 Å². The number of nitrogens with one attached hydrogen (secondary N) is 1. The molecule has 0 spiro atoms. The molecule has 7 heteroatoms. The fraction of sp³-hybridized carbons (Fsp3) is 0.286. The van der Waals surface area contributed by atoms with Gasteiger partial charge < -0.3 is 14.5 Å². The summed E-state index contributed by atoms with van der Waals surface area (Å²) in [5.41, 5.74) is 1.82. The molecule has 1 aliphatic heterocycles. The van der Waals surface area contributed by atoms with Crippen LogP contribution in [0, 0.1) is 6.92 Å². The van der Waals surface area contributed by atoms with E-state index < -0.39 is 9.84 Å². The number of oxazole rings is 1. The lowest BCUT2D eigenvalue weighted by Crippen LogP contribution is -2.19. The summed E-state index contributed by atoms with van der Waals surface area (Å²) in [5.74, 6) is 0.416. The van der Waals surface area contributed by atoms with E-state index in [4.69, 9.17) is 9.15 Å². The van der Waals surface area contributed by atoms with Crippen LogP contribution >= 0.6 is 0 Å². The first-order chi connectivity index (χ1) is 13.5. The Morgan fingerprint density at radius 3 is 2.54 bits per heavy atom. The zero-order valence-electron chi connectivity index (χ0n) is 15.6. The molecule has 0 radical (unpaired) electrons. The van der Waals surface area contributed by atoms with Gasteiger partial charge in [0.1, 0.15) is 0 Å². The molecule has 1 aromatic heterocycles. The van der Waals surface area contributed by atoms with E-state index in [0.29, 0.717) is 6.54 Å². The number of aryl methyl sites for hydroxylation is 1. The second-order valence-corrected chi connectivity index (χ2v) is 8.72. The topological polar surface area (TPSA) is 81.4 Å². The van der Waals surface area contributed by atoms with Crippen molar-refractivity contribution in [1.82, 2.24) is 4.98 Å². The zero-order chi connectivity index (χ0) is 19.6. The normalized spacial score (nSPS) is 17.0. The number of sulfone groups is 1. The van der Waals surface area contributed by atoms with Gasteiger partial charge in [-0.3, -0.25) is 0 Å². The highest BCUT2D eigenvalue weighted by Crippen LogP contribution is 2.32. The highest BCUT2D eigenvalue weighted by atomic mass is 32.2. The van der Waals surface area contributed by atoms with E-state index in [1.807, 2.05) is 31.2 Å². The van der Waals surface area contributed by atoms with Crippen molar-refractivity contribution >= 4 is 15.7 Å². The van der Waals surface area contributed by atoms with Crippen LogP contribution in [-0.2, 0) is 14.6 Å². The lowest BCUT2D eigenvalue weighted by atomic mass is 10.1. The Bertz CT molecular complexity index is 1040. The molecule has 1 saturated heterocycles. The first kappa shape index (κ1) is 18.7. The Morgan fingerprint density at radius 1 is 1.11 bits per heavy atom. The third kappa shape index (κ3) is 3.81. The number of hydrogen-bond acceptors (Lipinski definition) is 6. The summed E-state index contributed by atoms with van der Waals surface area (Å²) in [4.78, 5) is 4.53. The second kappa shape index (κ2) is 7.77. The van der Waals surface area contributed by atoms with E-state index in [9.17, 15) is 8.42 Å². The smallest absolute Gasteiger partial charge is 0.233 e. The molecule has 6 nitrogen and oxygen atoms in total. The number of aromatic nitrogens is 1. The van der Waals surface area contributed by atoms with E-state index in [1.54, 1.807) is 30.3 Å². The molecule has 0 aliphatic carbocycles. The van der Waals surface area contributed by atoms with Crippen LogP contribution in [0.3, 0.4) is 0 Å². The molecule has 3 aromatic rings. The van der Waals surface area contributed by atoms with E-state index >= 15 is 0 Å². The molecule has 2 heterocycles. The molecule has 0 bridgehead atoms. The van der Waals surface area contributed by atoms with Crippen LogP contribution in [0.2, 0.25) is 0 Å². The molecular weight excluding hydrogens is 376 g/mol. The van der Waals surface area contributed by atoms with Crippen molar-refractivity contribution in [2.75, 3.05) is 18.5 Å². The predicted molar refractivity (Wildman–Crippen MR) is 106 cm³/mol. The Kier molecular flexibility index (Phi) is 5.19. The fourth-order valence-corrected chi connectivity index (χ4v) is 4.44. The van der Waals surface area contributed by atoms with Gasteiger partial charge in [-0.2, -0.15) is 4.98 Å². The summed E-state index contributed by atoms with van der Waals surface area (Å²) in [6.07, 6.45) is 1.99. The summed E-state index contributed by atoms with van der Waals surface area (Å²) in [5, 5.41) is 2.99. The monoisotopic (exact) mass is 398 g/mol. The Labute approximate surface area is 164 Å². The molecule has 146 valence electrons. The Balaban J connectivity index is 1.72. The van der Waals surface area contributed by atoms with Crippen LogP contribution in [-0.4, -0.2) is 32.7 Å². The molecule has 28 heavy (non-hydrogen) atoms.